The van der Waals surface area contributed by atoms with Crippen molar-refractivity contribution in [2.24, 2.45) is 0 Å². The fraction of sp³-hybridized carbons (Fsp3) is 0.545. The van der Waals surface area contributed by atoms with Crippen molar-refractivity contribution in [3.05, 3.63) is 24.5 Å². The first kappa shape index (κ1) is 12.5. The Kier molecular flexibility index (Phi) is 3.20. The minimum absolute atomic E-state index is 0.308. The average molecular weight is 255 g/mol. The molecule has 1 fully saturated rings. The molecular formula is C11H17N3O2S. The number of sulfonamides is 1. The summed E-state index contributed by atoms with van der Waals surface area (Å²) in [6.07, 6.45) is 3.00. The molecule has 0 spiro atoms. The maximum absolute atomic E-state index is 12.5. The molecule has 2 heterocycles. The van der Waals surface area contributed by atoms with Gasteiger partial charge in [0, 0.05) is 37.6 Å². The molecule has 0 saturated carbocycles. The molecule has 0 unspecified atom stereocenters. The van der Waals surface area contributed by atoms with Gasteiger partial charge in [-0.15, -0.1) is 0 Å². The average Bonchev–Trinajstić information content (AvgIpc) is 2.29. The molecule has 1 aromatic rings. The van der Waals surface area contributed by atoms with Crippen molar-refractivity contribution >= 4 is 10.0 Å². The number of nitrogens with one attached hydrogen (secondary N) is 1. The lowest BCUT2D eigenvalue weighted by Crippen LogP contribution is -2.59. The second-order valence-electron chi connectivity index (χ2n) is 4.75. The normalized spacial score (nSPS) is 21.3. The van der Waals surface area contributed by atoms with Gasteiger partial charge in [-0.2, -0.15) is 4.31 Å². The summed E-state index contributed by atoms with van der Waals surface area (Å²) in [5.74, 6) is 0. The monoisotopic (exact) mass is 255 g/mol. The quantitative estimate of drug-likeness (QED) is 0.833. The SMILES string of the molecule is CC1(C)CNCCN1S(=O)(=O)c1ccncc1. The van der Waals surface area contributed by atoms with Crippen molar-refractivity contribution < 1.29 is 8.42 Å². The van der Waals surface area contributed by atoms with E-state index in [1.54, 1.807) is 4.31 Å². The molecule has 1 aliphatic rings. The number of aromatic nitrogens is 1. The predicted molar refractivity (Wildman–Crippen MR) is 65.1 cm³/mol. The highest BCUT2D eigenvalue weighted by molar-refractivity contribution is 7.89. The van der Waals surface area contributed by atoms with Gasteiger partial charge in [0.25, 0.3) is 0 Å². The minimum Gasteiger partial charge on any atom is -0.314 e. The van der Waals surface area contributed by atoms with Crippen LogP contribution in [0.15, 0.2) is 29.4 Å². The largest absolute Gasteiger partial charge is 0.314 e. The van der Waals surface area contributed by atoms with Crippen LogP contribution in [0.3, 0.4) is 0 Å². The van der Waals surface area contributed by atoms with Gasteiger partial charge in [0.2, 0.25) is 10.0 Å². The van der Waals surface area contributed by atoms with Crippen LogP contribution in [0.25, 0.3) is 0 Å². The third-order valence-corrected chi connectivity index (χ3v) is 5.09. The summed E-state index contributed by atoms with van der Waals surface area (Å²) in [7, 11) is -3.42. The van der Waals surface area contributed by atoms with E-state index in [9.17, 15) is 8.42 Å². The van der Waals surface area contributed by atoms with Crippen molar-refractivity contribution in [2.45, 2.75) is 24.3 Å². The molecule has 0 atom stereocenters. The maximum Gasteiger partial charge on any atom is 0.243 e. The molecule has 2 rings (SSSR count). The smallest absolute Gasteiger partial charge is 0.243 e. The van der Waals surface area contributed by atoms with Crippen molar-refractivity contribution in [1.29, 1.82) is 0 Å². The summed E-state index contributed by atoms with van der Waals surface area (Å²) in [6, 6.07) is 3.07. The van der Waals surface area contributed by atoms with Crippen LogP contribution in [0.5, 0.6) is 0 Å². The molecule has 94 valence electrons. The molecule has 6 heteroatoms. The second kappa shape index (κ2) is 4.36. The number of hydrogen-bond donors (Lipinski definition) is 1. The lowest BCUT2D eigenvalue weighted by Gasteiger charge is -2.41. The van der Waals surface area contributed by atoms with E-state index in [-0.39, 0.29) is 0 Å². The number of rotatable bonds is 2. The van der Waals surface area contributed by atoms with E-state index in [1.807, 2.05) is 13.8 Å². The summed E-state index contributed by atoms with van der Waals surface area (Å²) in [5.41, 5.74) is -0.402. The Labute approximate surface area is 102 Å². The van der Waals surface area contributed by atoms with Gasteiger partial charge in [-0.25, -0.2) is 8.42 Å². The van der Waals surface area contributed by atoms with Crippen LogP contribution in [0.2, 0.25) is 0 Å². The molecule has 1 N–H and O–H groups in total. The number of pyridine rings is 1. The van der Waals surface area contributed by atoms with Crippen LogP contribution in [0.4, 0.5) is 0 Å². The molecule has 0 aliphatic carbocycles. The zero-order valence-electron chi connectivity index (χ0n) is 10.0. The van der Waals surface area contributed by atoms with Crippen molar-refractivity contribution in [1.82, 2.24) is 14.6 Å². The summed E-state index contributed by atoms with van der Waals surface area (Å²) in [6.45, 7) is 5.71. The maximum atomic E-state index is 12.5. The van der Waals surface area contributed by atoms with Gasteiger partial charge >= 0.3 is 0 Å². The first-order chi connectivity index (χ1) is 7.94. The Bertz CT molecular complexity index is 485. The predicted octanol–water partition coefficient (Wildman–Crippen LogP) is 0.454. The highest BCUT2D eigenvalue weighted by atomic mass is 32.2. The van der Waals surface area contributed by atoms with E-state index >= 15 is 0 Å². The van der Waals surface area contributed by atoms with Gasteiger partial charge in [-0.05, 0) is 26.0 Å². The van der Waals surface area contributed by atoms with Crippen LogP contribution in [-0.4, -0.2) is 42.9 Å². The van der Waals surface area contributed by atoms with Crippen LogP contribution < -0.4 is 5.32 Å². The Morgan fingerprint density at radius 3 is 2.59 bits per heavy atom. The van der Waals surface area contributed by atoms with Gasteiger partial charge in [-0.1, -0.05) is 0 Å². The van der Waals surface area contributed by atoms with Crippen molar-refractivity contribution in [3.63, 3.8) is 0 Å². The fourth-order valence-electron chi connectivity index (χ4n) is 2.05. The topological polar surface area (TPSA) is 62.3 Å². The molecular weight excluding hydrogens is 238 g/mol. The van der Waals surface area contributed by atoms with Crippen LogP contribution in [0, 0.1) is 0 Å². The number of nitrogens with zero attached hydrogens (tertiary/aromatic N) is 2. The van der Waals surface area contributed by atoms with E-state index in [2.05, 4.69) is 10.3 Å². The first-order valence-corrected chi connectivity index (χ1v) is 7.02. The lowest BCUT2D eigenvalue weighted by molar-refractivity contribution is 0.186. The summed E-state index contributed by atoms with van der Waals surface area (Å²) in [4.78, 5) is 4.15. The second-order valence-corrected chi connectivity index (χ2v) is 6.61. The van der Waals surface area contributed by atoms with Gasteiger partial charge in [0.1, 0.15) is 0 Å². The Hall–Kier alpha value is -0.980. The minimum atomic E-state index is -3.42. The van der Waals surface area contributed by atoms with Gasteiger partial charge < -0.3 is 5.32 Å². The van der Waals surface area contributed by atoms with E-state index in [0.717, 1.165) is 0 Å². The van der Waals surface area contributed by atoms with Gasteiger partial charge in [0.05, 0.1) is 4.90 Å². The van der Waals surface area contributed by atoms with Crippen LogP contribution in [-0.2, 0) is 10.0 Å². The molecule has 1 saturated heterocycles. The van der Waals surface area contributed by atoms with E-state index in [1.165, 1.54) is 24.5 Å². The lowest BCUT2D eigenvalue weighted by atomic mass is 10.0. The summed E-state index contributed by atoms with van der Waals surface area (Å²) in [5, 5.41) is 3.21. The summed E-state index contributed by atoms with van der Waals surface area (Å²) >= 11 is 0. The van der Waals surface area contributed by atoms with Gasteiger partial charge in [0.15, 0.2) is 0 Å². The molecule has 17 heavy (non-hydrogen) atoms. The van der Waals surface area contributed by atoms with Gasteiger partial charge in [-0.3, -0.25) is 4.98 Å². The third-order valence-electron chi connectivity index (χ3n) is 2.96. The molecule has 5 nitrogen and oxygen atoms in total. The standard InChI is InChI=1S/C11H17N3O2S/c1-11(2)9-13-7-8-14(11)17(15,16)10-3-5-12-6-4-10/h3-6,13H,7-9H2,1-2H3. The molecule has 0 bridgehead atoms. The van der Waals surface area contributed by atoms with E-state index in [4.69, 9.17) is 0 Å². The Balaban J connectivity index is 2.39. The Morgan fingerprint density at radius 1 is 1.35 bits per heavy atom. The number of piperazine rings is 1. The first-order valence-electron chi connectivity index (χ1n) is 5.58. The molecule has 0 aromatic carbocycles. The van der Waals surface area contributed by atoms with E-state index in [0.29, 0.717) is 24.5 Å². The third kappa shape index (κ3) is 2.34. The molecule has 1 aromatic heterocycles. The zero-order valence-corrected chi connectivity index (χ0v) is 10.9. The van der Waals surface area contributed by atoms with Crippen molar-refractivity contribution in [3.8, 4) is 0 Å². The Morgan fingerprint density at radius 2 is 2.00 bits per heavy atom. The highest BCUT2D eigenvalue weighted by Gasteiger charge is 2.38. The van der Waals surface area contributed by atoms with Crippen LogP contribution >= 0.6 is 0 Å². The van der Waals surface area contributed by atoms with E-state index < -0.39 is 15.6 Å². The highest BCUT2D eigenvalue weighted by Crippen LogP contribution is 2.25. The summed E-state index contributed by atoms with van der Waals surface area (Å²) < 4.78 is 26.5. The fourth-order valence-corrected chi connectivity index (χ4v) is 3.82. The zero-order chi connectivity index (χ0) is 12.5. The van der Waals surface area contributed by atoms with Crippen molar-refractivity contribution in [2.75, 3.05) is 19.6 Å². The molecule has 1 aliphatic heterocycles. The number of hydrogen-bond acceptors (Lipinski definition) is 4. The van der Waals surface area contributed by atoms with Crippen LogP contribution in [0.1, 0.15) is 13.8 Å². The molecule has 0 amide bonds. The molecule has 0 radical (unpaired) electrons.